The zero-order valence-electron chi connectivity index (χ0n) is 21.5. The standard InChI is InChI=1S/C28H35N3O4/c1-18(2)15-30-17-24(22-13-25(34-5)26(35-6)14-23(22)27(30)32)28(33)29-10-11-31(20(4)16-29)21-9-7-8-19(3)12-21/h7-9,12-14,17-18,20H,10-11,15-16H2,1-6H3/t20-/m0/s1. The van der Waals surface area contributed by atoms with Gasteiger partial charge in [-0.1, -0.05) is 26.0 Å². The minimum absolute atomic E-state index is 0.0736. The number of fused-ring (bicyclic) bond motifs is 1. The van der Waals surface area contributed by atoms with Crippen LogP contribution in [0.2, 0.25) is 0 Å². The number of benzene rings is 2. The lowest BCUT2D eigenvalue weighted by Gasteiger charge is -2.41. The van der Waals surface area contributed by atoms with Gasteiger partial charge in [-0.2, -0.15) is 0 Å². The molecule has 2 aromatic carbocycles. The number of piperazine rings is 1. The maximum atomic E-state index is 13.9. The summed E-state index contributed by atoms with van der Waals surface area (Å²) in [6, 6.07) is 12.1. The van der Waals surface area contributed by atoms with Crippen molar-refractivity contribution in [2.24, 2.45) is 5.92 Å². The Hall–Kier alpha value is -3.48. The molecule has 4 rings (SSSR count). The van der Waals surface area contributed by atoms with Gasteiger partial charge < -0.3 is 23.8 Å². The van der Waals surface area contributed by atoms with Gasteiger partial charge in [0.15, 0.2) is 11.5 Å². The topological polar surface area (TPSA) is 64.0 Å². The predicted octanol–water partition coefficient (Wildman–Crippen LogP) is 4.33. The van der Waals surface area contributed by atoms with Gasteiger partial charge in [0, 0.05) is 49.5 Å². The molecule has 7 heteroatoms. The summed E-state index contributed by atoms with van der Waals surface area (Å²) in [5.41, 5.74) is 2.77. The summed E-state index contributed by atoms with van der Waals surface area (Å²) < 4.78 is 12.6. The fraction of sp³-hybridized carbons (Fsp3) is 0.429. The van der Waals surface area contributed by atoms with Gasteiger partial charge in [-0.05, 0) is 49.6 Å². The summed E-state index contributed by atoms with van der Waals surface area (Å²) in [5.74, 6) is 1.15. The number of ether oxygens (including phenoxy) is 2. The molecule has 1 aliphatic heterocycles. The third kappa shape index (κ3) is 4.85. The first-order chi connectivity index (χ1) is 16.7. The quantitative estimate of drug-likeness (QED) is 0.529. The van der Waals surface area contributed by atoms with Crippen LogP contribution in [-0.2, 0) is 6.54 Å². The van der Waals surface area contributed by atoms with Gasteiger partial charge in [0.2, 0.25) is 0 Å². The van der Waals surface area contributed by atoms with Crippen molar-refractivity contribution in [2.45, 2.75) is 40.3 Å². The van der Waals surface area contributed by atoms with Gasteiger partial charge in [0.05, 0.1) is 25.2 Å². The summed E-state index contributed by atoms with van der Waals surface area (Å²) in [7, 11) is 3.10. The zero-order chi connectivity index (χ0) is 25.3. The lowest BCUT2D eigenvalue weighted by molar-refractivity contribution is 0.0727. The summed E-state index contributed by atoms with van der Waals surface area (Å²) in [6.07, 6.45) is 1.72. The molecular weight excluding hydrogens is 442 g/mol. The van der Waals surface area contributed by atoms with E-state index in [1.54, 1.807) is 37.1 Å². The Labute approximate surface area is 206 Å². The summed E-state index contributed by atoms with van der Waals surface area (Å²) in [4.78, 5) is 31.4. The first kappa shape index (κ1) is 24.6. The fourth-order valence-corrected chi connectivity index (χ4v) is 4.92. The van der Waals surface area contributed by atoms with Crippen LogP contribution in [0.1, 0.15) is 36.7 Å². The predicted molar refractivity (Wildman–Crippen MR) is 140 cm³/mol. The van der Waals surface area contributed by atoms with E-state index < -0.39 is 0 Å². The molecule has 0 unspecified atom stereocenters. The van der Waals surface area contributed by atoms with E-state index in [0.29, 0.717) is 47.5 Å². The number of hydrogen-bond acceptors (Lipinski definition) is 5. The molecule has 0 spiro atoms. The zero-order valence-corrected chi connectivity index (χ0v) is 21.5. The van der Waals surface area contributed by atoms with Crippen LogP contribution in [0, 0.1) is 12.8 Å². The van der Waals surface area contributed by atoms with E-state index in [-0.39, 0.29) is 23.4 Å². The largest absolute Gasteiger partial charge is 0.493 e. The number of aryl methyl sites for hydroxylation is 1. The molecule has 35 heavy (non-hydrogen) atoms. The molecule has 0 N–H and O–H groups in total. The van der Waals surface area contributed by atoms with Crippen LogP contribution in [0.25, 0.3) is 10.8 Å². The van der Waals surface area contributed by atoms with Crippen LogP contribution < -0.4 is 19.9 Å². The molecular formula is C28H35N3O4. The number of rotatable bonds is 6. The van der Waals surface area contributed by atoms with Crippen molar-refractivity contribution in [3.8, 4) is 11.5 Å². The minimum Gasteiger partial charge on any atom is -0.493 e. The lowest BCUT2D eigenvalue weighted by Crippen LogP contribution is -2.54. The molecule has 0 saturated carbocycles. The van der Waals surface area contributed by atoms with Crippen LogP contribution in [0.5, 0.6) is 11.5 Å². The van der Waals surface area contributed by atoms with Crippen molar-refractivity contribution in [3.63, 3.8) is 0 Å². The smallest absolute Gasteiger partial charge is 0.258 e. The highest BCUT2D eigenvalue weighted by molar-refractivity contribution is 6.07. The number of nitrogens with zero attached hydrogens (tertiary/aromatic N) is 3. The van der Waals surface area contributed by atoms with Crippen molar-refractivity contribution in [1.29, 1.82) is 0 Å². The highest BCUT2D eigenvalue weighted by Gasteiger charge is 2.29. The molecule has 7 nitrogen and oxygen atoms in total. The van der Waals surface area contributed by atoms with Crippen molar-refractivity contribution < 1.29 is 14.3 Å². The summed E-state index contributed by atoms with van der Waals surface area (Å²) >= 11 is 0. The number of carbonyl (C=O) groups is 1. The monoisotopic (exact) mass is 477 g/mol. The van der Waals surface area contributed by atoms with Crippen molar-refractivity contribution >= 4 is 22.4 Å². The van der Waals surface area contributed by atoms with E-state index >= 15 is 0 Å². The van der Waals surface area contributed by atoms with E-state index in [2.05, 4.69) is 56.9 Å². The maximum absolute atomic E-state index is 13.9. The number of anilines is 1. The van der Waals surface area contributed by atoms with Crippen LogP contribution in [-0.4, -0.2) is 55.3 Å². The van der Waals surface area contributed by atoms with E-state index in [0.717, 1.165) is 6.54 Å². The molecule has 1 amide bonds. The average Bonchev–Trinajstić information content (AvgIpc) is 2.84. The molecule has 1 aliphatic rings. The molecule has 0 bridgehead atoms. The van der Waals surface area contributed by atoms with Gasteiger partial charge in [-0.25, -0.2) is 0 Å². The highest BCUT2D eigenvalue weighted by Crippen LogP contribution is 2.33. The van der Waals surface area contributed by atoms with Crippen LogP contribution >= 0.6 is 0 Å². The number of aromatic nitrogens is 1. The van der Waals surface area contributed by atoms with Crippen molar-refractivity contribution in [3.05, 3.63) is 64.1 Å². The lowest BCUT2D eigenvalue weighted by atomic mass is 10.0. The molecule has 1 aromatic heterocycles. The Morgan fingerprint density at radius 1 is 1.06 bits per heavy atom. The summed E-state index contributed by atoms with van der Waals surface area (Å²) in [6.45, 7) is 10.8. The second-order valence-electron chi connectivity index (χ2n) is 9.78. The minimum atomic E-state index is -0.135. The first-order valence-corrected chi connectivity index (χ1v) is 12.1. The molecule has 186 valence electrons. The average molecular weight is 478 g/mol. The second kappa shape index (κ2) is 10.0. The Morgan fingerprint density at radius 3 is 2.34 bits per heavy atom. The van der Waals surface area contributed by atoms with Crippen molar-refractivity contribution in [1.82, 2.24) is 9.47 Å². The first-order valence-electron chi connectivity index (χ1n) is 12.1. The SMILES string of the molecule is COc1cc2c(C(=O)N3CCN(c4cccc(C)c4)[C@@H](C)C3)cn(CC(C)C)c(=O)c2cc1OC. The van der Waals surface area contributed by atoms with E-state index in [4.69, 9.17) is 9.47 Å². The number of hydrogen-bond donors (Lipinski definition) is 0. The van der Waals surface area contributed by atoms with Gasteiger partial charge in [0.1, 0.15) is 0 Å². The molecule has 3 aromatic rings. The molecule has 2 heterocycles. The van der Waals surface area contributed by atoms with Crippen LogP contribution in [0.4, 0.5) is 5.69 Å². The highest BCUT2D eigenvalue weighted by atomic mass is 16.5. The van der Waals surface area contributed by atoms with E-state index in [1.165, 1.54) is 11.3 Å². The van der Waals surface area contributed by atoms with Gasteiger partial charge >= 0.3 is 0 Å². The second-order valence-corrected chi connectivity index (χ2v) is 9.78. The number of pyridine rings is 1. The molecule has 1 fully saturated rings. The number of carbonyl (C=O) groups excluding carboxylic acids is 1. The van der Waals surface area contributed by atoms with Crippen LogP contribution in [0.3, 0.4) is 0 Å². The van der Waals surface area contributed by atoms with Gasteiger partial charge in [-0.3, -0.25) is 9.59 Å². The maximum Gasteiger partial charge on any atom is 0.258 e. The Balaban J connectivity index is 1.73. The Kier molecular flexibility index (Phi) is 7.05. The van der Waals surface area contributed by atoms with Crippen LogP contribution in [0.15, 0.2) is 47.4 Å². The molecule has 1 saturated heterocycles. The molecule has 0 aliphatic carbocycles. The Morgan fingerprint density at radius 2 is 1.74 bits per heavy atom. The molecule has 1 atom stereocenters. The third-order valence-corrected chi connectivity index (χ3v) is 6.63. The Bertz CT molecular complexity index is 1300. The van der Waals surface area contributed by atoms with Gasteiger partial charge in [-0.15, -0.1) is 0 Å². The van der Waals surface area contributed by atoms with E-state index in [9.17, 15) is 9.59 Å². The normalized spacial score (nSPS) is 16.1. The van der Waals surface area contributed by atoms with Gasteiger partial charge in [0.25, 0.3) is 11.5 Å². The van der Waals surface area contributed by atoms with E-state index in [1.807, 2.05) is 4.90 Å². The third-order valence-electron chi connectivity index (χ3n) is 6.63. The molecule has 0 radical (unpaired) electrons. The number of amides is 1. The van der Waals surface area contributed by atoms with Crippen molar-refractivity contribution in [2.75, 3.05) is 38.8 Å². The fourth-order valence-electron chi connectivity index (χ4n) is 4.92. The summed E-state index contributed by atoms with van der Waals surface area (Å²) in [5, 5.41) is 1.05. The number of methoxy groups -OCH3 is 2.